The first-order chi connectivity index (χ1) is 12.8. The summed E-state index contributed by atoms with van der Waals surface area (Å²) in [6.07, 6.45) is 6.32. The van der Waals surface area contributed by atoms with E-state index in [0.29, 0.717) is 5.92 Å². The van der Waals surface area contributed by atoms with Gasteiger partial charge in [-0.2, -0.15) is 0 Å². The first kappa shape index (κ1) is 15.9. The molecule has 0 radical (unpaired) electrons. The summed E-state index contributed by atoms with van der Waals surface area (Å²) in [7, 11) is 0. The van der Waals surface area contributed by atoms with Gasteiger partial charge in [0.05, 0.1) is 12.3 Å². The van der Waals surface area contributed by atoms with Gasteiger partial charge in [-0.05, 0) is 68.1 Å². The van der Waals surface area contributed by atoms with Gasteiger partial charge in [0, 0.05) is 36.3 Å². The maximum atomic E-state index is 12.9. The summed E-state index contributed by atoms with van der Waals surface area (Å²) in [5.74, 6) is 1.60. The molecule has 4 heterocycles. The van der Waals surface area contributed by atoms with Crippen molar-refractivity contribution >= 4 is 11.6 Å². The quantitative estimate of drug-likeness (QED) is 0.866. The zero-order valence-electron chi connectivity index (χ0n) is 14.9. The third-order valence-electron chi connectivity index (χ3n) is 6.14. The Balaban J connectivity index is 1.47. The van der Waals surface area contributed by atoms with Crippen LogP contribution in [0, 0.1) is 5.92 Å². The van der Waals surface area contributed by atoms with Crippen molar-refractivity contribution in [1.82, 2.24) is 10.2 Å². The summed E-state index contributed by atoms with van der Waals surface area (Å²) in [6.45, 7) is 2.77. The summed E-state index contributed by atoms with van der Waals surface area (Å²) in [5, 5.41) is 7.30. The summed E-state index contributed by atoms with van der Waals surface area (Å²) >= 11 is 0. The molecule has 3 atom stereocenters. The second kappa shape index (κ2) is 6.47. The van der Waals surface area contributed by atoms with Crippen molar-refractivity contribution in [3.63, 3.8) is 0 Å². The zero-order chi connectivity index (χ0) is 17.5. The molecule has 136 valence electrons. The van der Waals surface area contributed by atoms with Crippen LogP contribution in [-0.2, 0) is 0 Å². The van der Waals surface area contributed by atoms with Crippen molar-refractivity contribution in [2.75, 3.05) is 25.0 Å². The van der Waals surface area contributed by atoms with Crippen LogP contribution in [-0.4, -0.2) is 30.4 Å². The van der Waals surface area contributed by atoms with E-state index in [-0.39, 0.29) is 18.0 Å². The van der Waals surface area contributed by atoms with Gasteiger partial charge in [-0.25, -0.2) is 0 Å². The monoisotopic (exact) mass is 351 g/mol. The first-order valence-electron chi connectivity index (χ1n) is 9.78. The molecule has 1 aromatic carbocycles. The lowest BCUT2D eigenvalue weighted by Gasteiger charge is -2.36. The number of nitrogens with zero attached hydrogens (tertiary/aromatic N) is 1. The number of furan rings is 1. The summed E-state index contributed by atoms with van der Waals surface area (Å²) in [6, 6.07) is 10.6. The number of carbonyl (C=O) groups excluding carboxylic acids is 1. The highest BCUT2D eigenvalue weighted by Gasteiger charge is 2.41. The van der Waals surface area contributed by atoms with Crippen LogP contribution in [0.2, 0.25) is 0 Å². The second-order valence-corrected chi connectivity index (χ2v) is 7.68. The topological polar surface area (TPSA) is 57.5 Å². The number of nitrogens with one attached hydrogen (secondary N) is 2. The number of anilines is 1. The Bertz CT molecular complexity index is 796. The molecule has 2 N–H and O–H groups in total. The van der Waals surface area contributed by atoms with E-state index in [9.17, 15) is 4.79 Å². The van der Waals surface area contributed by atoms with Crippen LogP contribution < -0.4 is 10.6 Å². The van der Waals surface area contributed by atoms with Gasteiger partial charge >= 0.3 is 0 Å². The Labute approximate surface area is 153 Å². The summed E-state index contributed by atoms with van der Waals surface area (Å²) < 4.78 is 5.69. The van der Waals surface area contributed by atoms with E-state index in [0.717, 1.165) is 55.9 Å². The molecule has 5 heteroatoms. The van der Waals surface area contributed by atoms with E-state index in [4.69, 9.17) is 4.42 Å². The van der Waals surface area contributed by atoms with Crippen LogP contribution in [0.15, 0.2) is 41.0 Å². The van der Waals surface area contributed by atoms with E-state index >= 15 is 0 Å². The number of rotatable bonds is 2. The minimum atomic E-state index is 0.176. The van der Waals surface area contributed by atoms with Gasteiger partial charge in [0.25, 0.3) is 5.91 Å². The molecule has 26 heavy (non-hydrogen) atoms. The fraction of sp³-hybridized carbons (Fsp3) is 0.476. The largest absolute Gasteiger partial charge is 0.467 e. The Kier molecular flexibility index (Phi) is 3.97. The van der Waals surface area contributed by atoms with Crippen LogP contribution >= 0.6 is 0 Å². The van der Waals surface area contributed by atoms with E-state index in [2.05, 4.69) is 22.8 Å². The van der Waals surface area contributed by atoms with Gasteiger partial charge in [0.1, 0.15) is 5.76 Å². The standard InChI is InChI=1S/C21H25N3O2/c25-21(24-10-2-1-3-11-24)14-6-7-17-16(13-14)19-15(8-9-22-19)20(23-17)18-5-4-12-26-18/h4-7,12-13,15,19-20,22-23H,1-3,8-11H2. The number of likely N-dealkylation sites (tertiary alicyclic amines) is 1. The molecular formula is C21H25N3O2. The Morgan fingerprint density at radius 2 is 2.00 bits per heavy atom. The lowest BCUT2D eigenvalue weighted by atomic mass is 9.81. The minimum absolute atomic E-state index is 0.176. The maximum absolute atomic E-state index is 12.9. The van der Waals surface area contributed by atoms with Gasteiger partial charge in [-0.1, -0.05) is 0 Å². The average Bonchev–Trinajstić information content (AvgIpc) is 3.39. The molecule has 3 aliphatic heterocycles. The maximum Gasteiger partial charge on any atom is 0.253 e. The molecule has 2 saturated heterocycles. The molecule has 2 aromatic rings. The number of piperidine rings is 1. The van der Waals surface area contributed by atoms with Crippen molar-refractivity contribution in [3.8, 4) is 0 Å². The normalized spacial score (nSPS) is 27.5. The third kappa shape index (κ3) is 2.62. The molecule has 5 nitrogen and oxygen atoms in total. The van der Waals surface area contributed by atoms with E-state index in [1.165, 1.54) is 12.0 Å². The van der Waals surface area contributed by atoms with Crippen LogP contribution in [0.1, 0.15) is 59.4 Å². The summed E-state index contributed by atoms with van der Waals surface area (Å²) in [4.78, 5) is 14.9. The second-order valence-electron chi connectivity index (χ2n) is 7.68. The lowest BCUT2D eigenvalue weighted by molar-refractivity contribution is 0.0724. The lowest BCUT2D eigenvalue weighted by Crippen LogP contribution is -2.36. The number of benzene rings is 1. The Hall–Kier alpha value is -2.27. The van der Waals surface area contributed by atoms with E-state index in [1.807, 2.05) is 23.1 Å². The first-order valence-corrected chi connectivity index (χ1v) is 9.78. The molecular weight excluding hydrogens is 326 g/mol. The SMILES string of the molecule is O=C(c1ccc2c(c1)C1NCCC1C(c1ccco1)N2)N1CCCCC1. The summed E-state index contributed by atoms with van der Waals surface area (Å²) in [5.41, 5.74) is 3.15. The molecule has 0 spiro atoms. The predicted octanol–water partition coefficient (Wildman–Crippen LogP) is 3.72. The Morgan fingerprint density at radius 1 is 1.12 bits per heavy atom. The highest BCUT2D eigenvalue weighted by atomic mass is 16.3. The van der Waals surface area contributed by atoms with E-state index in [1.54, 1.807) is 6.26 Å². The molecule has 0 bridgehead atoms. The number of carbonyl (C=O) groups is 1. The van der Waals surface area contributed by atoms with Crippen molar-refractivity contribution in [2.45, 2.75) is 37.8 Å². The molecule has 0 aliphatic carbocycles. The fourth-order valence-corrected chi connectivity index (χ4v) is 4.81. The molecule has 1 amide bonds. The van der Waals surface area contributed by atoms with Crippen molar-refractivity contribution < 1.29 is 9.21 Å². The van der Waals surface area contributed by atoms with Crippen LogP contribution in [0.4, 0.5) is 5.69 Å². The van der Waals surface area contributed by atoms with Crippen molar-refractivity contribution in [1.29, 1.82) is 0 Å². The smallest absolute Gasteiger partial charge is 0.253 e. The fourth-order valence-electron chi connectivity index (χ4n) is 4.81. The van der Waals surface area contributed by atoms with E-state index < -0.39 is 0 Å². The Morgan fingerprint density at radius 3 is 2.81 bits per heavy atom. The number of amides is 1. The highest BCUT2D eigenvalue weighted by Crippen LogP contribution is 2.47. The minimum Gasteiger partial charge on any atom is -0.467 e. The van der Waals surface area contributed by atoms with Crippen LogP contribution in [0.3, 0.4) is 0 Å². The molecule has 3 unspecified atom stereocenters. The van der Waals surface area contributed by atoms with Crippen molar-refractivity contribution in [2.24, 2.45) is 5.92 Å². The van der Waals surface area contributed by atoms with Gasteiger partial charge in [0.15, 0.2) is 0 Å². The third-order valence-corrected chi connectivity index (χ3v) is 6.14. The molecule has 5 rings (SSSR count). The molecule has 0 saturated carbocycles. The van der Waals surface area contributed by atoms with Gasteiger partial charge in [-0.15, -0.1) is 0 Å². The highest BCUT2D eigenvalue weighted by molar-refractivity contribution is 5.95. The molecule has 2 fully saturated rings. The van der Waals surface area contributed by atoms with Crippen LogP contribution in [0.25, 0.3) is 0 Å². The number of fused-ring (bicyclic) bond motifs is 3. The van der Waals surface area contributed by atoms with Gasteiger partial charge in [0.2, 0.25) is 0 Å². The number of hydrogen-bond donors (Lipinski definition) is 2. The molecule has 1 aromatic heterocycles. The number of hydrogen-bond acceptors (Lipinski definition) is 4. The van der Waals surface area contributed by atoms with Gasteiger partial charge < -0.3 is 20.0 Å². The van der Waals surface area contributed by atoms with Gasteiger partial charge in [-0.3, -0.25) is 4.79 Å². The van der Waals surface area contributed by atoms with Crippen molar-refractivity contribution in [3.05, 3.63) is 53.5 Å². The molecule has 3 aliphatic rings. The predicted molar refractivity (Wildman–Crippen MR) is 100 cm³/mol. The zero-order valence-corrected chi connectivity index (χ0v) is 14.9. The average molecular weight is 351 g/mol. The van der Waals surface area contributed by atoms with Crippen LogP contribution in [0.5, 0.6) is 0 Å².